The molecule has 0 unspecified atom stereocenters. The number of carbonyl (C=O) groups is 1. The maximum Gasteiger partial charge on any atom is 0.416 e. The summed E-state index contributed by atoms with van der Waals surface area (Å²) in [5, 5.41) is 18.3. The van der Waals surface area contributed by atoms with Crippen LogP contribution in [0.15, 0.2) is 47.8 Å². The molecule has 3 heterocycles. The molecule has 0 saturated carbocycles. The van der Waals surface area contributed by atoms with Gasteiger partial charge in [0.2, 0.25) is 0 Å². The van der Waals surface area contributed by atoms with Crippen LogP contribution in [0.5, 0.6) is 0 Å². The Morgan fingerprint density at radius 3 is 2.41 bits per heavy atom. The number of carboxylic acid groups (broad SMARTS) is 1. The summed E-state index contributed by atoms with van der Waals surface area (Å²) in [6.45, 7) is 6.05. The van der Waals surface area contributed by atoms with Crippen molar-refractivity contribution < 1.29 is 18.3 Å². The van der Waals surface area contributed by atoms with Gasteiger partial charge in [-0.3, -0.25) is 4.68 Å². The van der Waals surface area contributed by atoms with Gasteiger partial charge in [-0.2, -0.15) is 5.10 Å². The zero-order valence-corrected chi connectivity index (χ0v) is 20.9. The molecule has 0 amide bonds. The summed E-state index contributed by atoms with van der Waals surface area (Å²) in [4.78, 5) is 17.0. The number of pyridine rings is 1. The first-order valence-corrected chi connectivity index (χ1v) is 12.6. The van der Waals surface area contributed by atoms with E-state index in [4.69, 9.17) is 11.6 Å². The van der Waals surface area contributed by atoms with Crippen LogP contribution >= 0.6 is 11.6 Å². The Hall–Kier alpha value is -3.37. The summed E-state index contributed by atoms with van der Waals surface area (Å²) >= 11 is 6.29. The zero-order valence-electron chi connectivity index (χ0n) is 19.3. The van der Waals surface area contributed by atoms with E-state index in [1.165, 1.54) is 16.7 Å². The molecule has 9 nitrogen and oxygen atoms in total. The Morgan fingerprint density at radius 2 is 1.88 bits per heavy atom. The van der Waals surface area contributed by atoms with Crippen molar-refractivity contribution in [2.24, 2.45) is 7.05 Å². The van der Waals surface area contributed by atoms with Crippen molar-refractivity contribution in [3.8, 4) is 11.3 Å². The fourth-order valence-corrected chi connectivity index (χ4v) is 4.93. The highest BCUT2D eigenvalue weighted by Crippen LogP contribution is 2.41. The second-order valence-electron chi connectivity index (χ2n) is 9.12. The average molecular weight is 502 g/mol. The highest BCUT2D eigenvalue weighted by atomic mass is 35.5. The molecule has 0 atom stereocenters. The summed E-state index contributed by atoms with van der Waals surface area (Å²) in [6.07, 6.45) is 5.02. The molecule has 11 heteroatoms. The summed E-state index contributed by atoms with van der Waals surface area (Å²) in [6, 6.07) is 5.98. The number of anilines is 2. The number of halogens is 1. The van der Waals surface area contributed by atoms with E-state index < -0.39 is 15.9 Å². The maximum atomic E-state index is 12.4. The smallest absolute Gasteiger partial charge is 0.416 e. The average Bonchev–Trinajstić information content (AvgIpc) is 3.29. The molecule has 3 aromatic heterocycles. The summed E-state index contributed by atoms with van der Waals surface area (Å²) in [7, 11) is -1.63. The molecule has 0 aliphatic carbocycles. The highest BCUT2D eigenvalue weighted by Gasteiger charge is 2.30. The Morgan fingerprint density at radius 1 is 1.18 bits per heavy atom. The number of hydrogen-bond donors (Lipinski definition) is 2. The van der Waals surface area contributed by atoms with E-state index in [9.17, 15) is 18.3 Å². The Bertz CT molecular complexity index is 1550. The van der Waals surface area contributed by atoms with E-state index in [2.05, 4.69) is 15.4 Å². The minimum atomic E-state index is -3.40. The molecule has 34 heavy (non-hydrogen) atoms. The number of fused-ring (bicyclic) bond motifs is 1. The van der Waals surface area contributed by atoms with Gasteiger partial charge in [-0.25, -0.2) is 22.8 Å². The third-order valence-electron chi connectivity index (χ3n) is 5.40. The summed E-state index contributed by atoms with van der Waals surface area (Å²) < 4.78 is 26.4. The normalized spacial score (nSPS) is 12.3. The van der Waals surface area contributed by atoms with Crippen molar-refractivity contribution in [3.63, 3.8) is 0 Å². The van der Waals surface area contributed by atoms with Gasteiger partial charge in [-0.05, 0) is 29.2 Å². The standard InChI is InChI=1S/C23H24ClN5O4S/c1-23(2,3)20-15-11-25-19(27-17-7-6-14(8-16(17)24)34(5,32)33)9-18(15)29(22(30)31)21(20)13-10-26-28(4)12-13/h6-12H,1-5H3,(H,25,27)(H,30,31). The predicted molar refractivity (Wildman–Crippen MR) is 132 cm³/mol. The second kappa shape index (κ2) is 8.14. The first kappa shape index (κ1) is 23.8. The molecule has 178 valence electrons. The molecule has 0 aliphatic rings. The number of aryl methyl sites for hydroxylation is 1. The first-order valence-electron chi connectivity index (χ1n) is 10.3. The van der Waals surface area contributed by atoms with Crippen LogP contribution in [0.25, 0.3) is 22.2 Å². The van der Waals surface area contributed by atoms with Crippen LogP contribution in [-0.4, -0.2) is 45.2 Å². The molecule has 0 spiro atoms. The van der Waals surface area contributed by atoms with Gasteiger partial charge in [0, 0.05) is 42.7 Å². The lowest BCUT2D eigenvalue weighted by molar-refractivity contribution is 0.198. The second-order valence-corrected chi connectivity index (χ2v) is 11.5. The topological polar surface area (TPSA) is 119 Å². The van der Waals surface area contributed by atoms with Crippen LogP contribution in [0.2, 0.25) is 5.02 Å². The largest absolute Gasteiger partial charge is 0.464 e. The minimum Gasteiger partial charge on any atom is -0.464 e. The third kappa shape index (κ3) is 4.26. The van der Waals surface area contributed by atoms with Gasteiger partial charge in [0.25, 0.3) is 0 Å². The van der Waals surface area contributed by atoms with Crippen molar-refractivity contribution in [3.05, 3.63) is 53.4 Å². The van der Waals surface area contributed by atoms with Crippen molar-refractivity contribution in [1.29, 1.82) is 0 Å². The molecule has 0 fully saturated rings. The number of nitrogens with one attached hydrogen (secondary N) is 1. The summed E-state index contributed by atoms with van der Waals surface area (Å²) in [5.74, 6) is 0.361. The molecule has 1 aromatic carbocycles. The zero-order chi connectivity index (χ0) is 25.0. The van der Waals surface area contributed by atoms with E-state index in [-0.39, 0.29) is 15.3 Å². The molecule has 4 aromatic rings. The van der Waals surface area contributed by atoms with Gasteiger partial charge in [0.15, 0.2) is 9.84 Å². The lowest BCUT2D eigenvalue weighted by Crippen LogP contribution is -2.15. The lowest BCUT2D eigenvalue weighted by atomic mass is 9.84. The monoisotopic (exact) mass is 501 g/mol. The number of nitrogens with zero attached hydrogens (tertiary/aromatic N) is 4. The number of aromatic nitrogens is 4. The van der Waals surface area contributed by atoms with Crippen LogP contribution in [0.1, 0.15) is 26.3 Å². The van der Waals surface area contributed by atoms with Gasteiger partial charge in [0.1, 0.15) is 5.82 Å². The van der Waals surface area contributed by atoms with Gasteiger partial charge in [0.05, 0.1) is 33.0 Å². The molecular weight excluding hydrogens is 478 g/mol. The fraction of sp³-hybridized carbons (Fsp3) is 0.261. The number of benzene rings is 1. The van der Waals surface area contributed by atoms with Crippen molar-refractivity contribution in [2.75, 3.05) is 11.6 Å². The van der Waals surface area contributed by atoms with E-state index in [0.29, 0.717) is 33.7 Å². The Labute approximate surface area is 201 Å². The summed E-state index contributed by atoms with van der Waals surface area (Å²) in [5.41, 5.74) is 2.58. The number of sulfone groups is 1. The van der Waals surface area contributed by atoms with Crippen molar-refractivity contribution in [1.82, 2.24) is 19.3 Å². The van der Waals surface area contributed by atoms with Gasteiger partial charge < -0.3 is 10.4 Å². The van der Waals surface area contributed by atoms with Gasteiger partial charge in [-0.15, -0.1) is 0 Å². The van der Waals surface area contributed by atoms with Crippen molar-refractivity contribution >= 4 is 49.9 Å². The maximum absolute atomic E-state index is 12.4. The molecule has 0 radical (unpaired) electrons. The molecular formula is C23H24ClN5O4S. The quantitative estimate of drug-likeness (QED) is 0.401. The van der Waals surface area contributed by atoms with Gasteiger partial charge >= 0.3 is 6.09 Å². The Kier molecular flexibility index (Phi) is 5.69. The van der Waals surface area contributed by atoms with Crippen molar-refractivity contribution in [2.45, 2.75) is 31.1 Å². The van der Waals surface area contributed by atoms with E-state index >= 15 is 0 Å². The molecule has 4 rings (SSSR count). The Balaban J connectivity index is 1.91. The number of rotatable bonds is 4. The predicted octanol–water partition coefficient (Wildman–Crippen LogP) is 5.06. The third-order valence-corrected chi connectivity index (χ3v) is 6.83. The van der Waals surface area contributed by atoms with Gasteiger partial charge in [-0.1, -0.05) is 32.4 Å². The molecule has 2 N–H and O–H groups in total. The van der Waals surface area contributed by atoms with E-state index in [1.807, 2.05) is 20.8 Å². The molecule has 0 aliphatic heterocycles. The fourth-order valence-electron chi connectivity index (χ4n) is 3.99. The van der Waals surface area contributed by atoms with E-state index in [1.54, 1.807) is 42.5 Å². The van der Waals surface area contributed by atoms with Crippen LogP contribution in [-0.2, 0) is 22.3 Å². The lowest BCUT2D eigenvalue weighted by Gasteiger charge is -2.20. The minimum absolute atomic E-state index is 0.0992. The van der Waals surface area contributed by atoms with Crippen LogP contribution in [0, 0.1) is 0 Å². The number of hydrogen-bond acceptors (Lipinski definition) is 6. The molecule has 0 saturated heterocycles. The highest BCUT2D eigenvalue weighted by molar-refractivity contribution is 7.90. The first-order chi connectivity index (χ1) is 15.8. The molecule has 0 bridgehead atoms. The van der Waals surface area contributed by atoms with Crippen LogP contribution in [0.4, 0.5) is 16.3 Å². The van der Waals surface area contributed by atoms with Crippen LogP contribution in [0.3, 0.4) is 0 Å². The SMILES string of the molecule is Cn1cc(-c2c(C(C)(C)C)c3cnc(Nc4ccc(S(C)(=O)=O)cc4Cl)cc3n2C(=O)O)cn1. The van der Waals surface area contributed by atoms with E-state index in [0.717, 1.165) is 11.8 Å². The van der Waals surface area contributed by atoms with Crippen LogP contribution < -0.4 is 5.32 Å².